The molecule has 1 aliphatic rings. The Hall–Kier alpha value is -2.47. The lowest BCUT2D eigenvalue weighted by molar-refractivity contribution is 0.0949. The average Bonchev–Trinajstić information content (AvgIpc) is 3.34. The predicted molar refractivity (Wildman–Crippen MR) is 86.7 cm³/mol. The molecule has 6 nitrogen and oxygen atoms in total. The number of nitrogens with one attached hydrogen (secondary N) is 2. The molecule has 1 aliphatic carbocycles. The molecule has 0 radical (unpaired) electrons. The molecule has 2 amide bonds. The number of benzene rings is 1. The molecule has 0 spiro atoms. The Balaban J connectivity index is 1.77. The van der Waals surface area contributed by atoms with E-state index in [0.717, 1.165) is 18.4 Å². The average molecular weight is 331 g/mol. The predicted octanol–water partition coefficient (Wildman–Crippen LogP) is 2.58. The van der Waals surface area contributed by atoms with Crippen molar-refractivity contribution in [2.24, 2.45) is 0 Å². The first-order valence-corrected chi connectivity index (χ1v) is 7.61. The topological polar surface area (TPSA) is 84.0 Å². The molecule has 0 unspecified atom stereocenters. The zero-order valence-corrected chi connectivity index (χ0v) is 13.2. The normalized spacial score (nSPS) is 13.5. The third-order valence-corrected chi connectivity index (χ3v) is 3.71. The highest BCUT2D eigenvalue weighted by molar-refractivity contribution is 6.29. The van der Waals surface area contributed by atoms with E-state index in [1.807, 2.05) is 6.92 Å². The number of aromatic nitrogens is 2. The second kappa shape index (κ2) is 6.34. The maximum Gasteiger partial charge on any atom is 0.275 e. The number of hydrogen-bond donors (Lipinski definition) is 2. The number of anilines is 1. The number of halogens is 1. The molecule has 1 aromatic carbocycles. The van der Waals surface area contributed by atoms with Crippen LogP contribution >= 0.6 is 11.6 Å². The third-order valence-electron chi connectivity index (χ3n) is 3.51. The quantitative estimate of drug-likeness (QED) is 0.902. The van der Waals surface area contributed by atoms with E-state index in [-0.39, 0.29) is 22.8 Å². The van der Waals surface area contributed by atoms with Crippen molar-refractivity contribution >= 4 is 29.1 Å². The van der Waals surface area contributed by atoms with E-state index in [1.165, 1.54) is 12.4 Å². The molecule has 0 bridgehead atoms. The maximum atomic E-state index is 12.2. The summed E-state index contributed by atoms with van der Waals surface area (Å²) in [5.74, 6) is -0.536. The molecule has 2 N–H and O–H groups in total. The van der Waals surface area contributed by atoms with E-state index in [1.54, 1.807) is 18.2 Å². The third kappa shape index (κ3) is 3.84. The van der Waals surface area contributed by atoms with Gasteiger partial charge in [0, 0.05) is 17.3 Å². The molecule has 0 aliphatic heterocycles. The molecular weight excluding hydrogens is 316 g/mol. The van der Waals surface area contributed by atoms with Crippen LogP contribution in [0.3, 0.4) is 0 Å². The molecule has 3 rings (SSSR count). The van der Waals surface area contributed by atoms with Gasteiger partial charge in [-0.15, -0.1) is 0 Å². The van der Waals surface area contributed by atoms with Crippen molar-refractivity contribution < 1.29 is 9.59 Å². The molecule has 1 aromatic heterocycles. The Morgan fingerprint density at radius 3 is 2.61 bits per heavy atom. The maximum absolute atomic E-state index is 12.2. The van der Waals surface area contributed by atoms with Crippen molar-refractivity contribution in [2.45, 2.75) is 25.8 Å². The minimum Gasteiger partial charge on any atom is -0.349 e. The van der Waals surface area contributed by atoms with Crippen molar-refractivity contribution in [1.82, 2.24) is 15.3 Å². The molecule has 1 heterocycles. The van der Waals surface area contributed by atoms with Crippen LogP contribution in [-0.2, 0) is 0 Å². The van der Waals surface area contributed by atoms with Gasteiger partial charge in [-0.25, -0.2) is 9.97 Å². The van der Waals surface area contributed by atoms with Crippen LogP contribution in [0.5, 0.6) is 0 Å². The Kier molecular flexibility index (Phi) is 4.25. The van der Waals surface area contributed by atoms with Gasteiger partial charge in [0.25, 0.3) is 11.8 Å². The lowest BCUT2D eigenvalue weighted by Crippen LogP contribution is -2.25. The van der Waals surface area contributed by atoms with Gasteiger partial charge in [-0.3, -0.25) is 9.59 Å². The zero-order valence-electron chi connectivity index (χ0n) is 12.5. The molecule has 1 saturated carbocycles. The fourth-order valence-electron chi connectivity index (χ4n) is 2.01. The summed E-state index contributed by atoms with van der Waals surface area (Å²) < 4.78 is 0. The van der Waals surface area contributed by atoms with Gasteiger partial charge in [-0.2, -0.15) is 0 Å². The largest absolute Gasteiger partial charge is 0.349 e. The Morgan fingerprint density at radius 1 is 1.17 bits per heavy atom. The molecular formula is C16H15ClN4O2. The van der Waals surface area contributed by atoms with E-state index >= 15 is 0 Å². The van der Waals surface area contributed by atoms with Crippen LogP contribution in [-0.4, -0.2) is 27.8 Å². The van der Waals surface area contributed by atoms with Crippen LogP contribution in [0.2, 0.25) is 5.15 Å². The zero-order chi connectivity index (χ0) is 16.4. The fraction of sp³-hybridized carbons (Fsp3) is 0.250. The summed E-state index contributed by atoms with van der Waals surface area (Å²) in [5, 5.41) is 5.88. The highest BCUT2D eigenvalue weighted by Crippen LogP contribution is 2.21. The molecule has 118 valence electrons. The van der Waals surface area contributed by atoms with Gasteiger partial charge in [-0.05, 0) is 37.5 Å². The summed E-state index contributed by atoms with van der Waals surface area (Å²) in [6, 6.07) is 5.48. The Labute approximate surface area is 138 Å². The summed E-state index contributed by atoms with van der Waals surface area (Å²) in [6.45, 7) is 1.85. The van der Waals surface area contributed by atoms with Crippen LogP contribution in [0.1, 0.15) is 39.3 Å². The van der Waals surface area contributed by atoms with Crippen molar-refractivity contribution in [3.63, 3.8) is 0 Å². The van der Waals surface area contributed by atoms with Crippen molar-refractivity contribution in [3.8, 4) is 0 Å². The number of carbonyl (C=O) groups excluding carboxylic acids is 2. The number of rotatable bonds is 4. The SMILES string of the molecule is Cc1ccc(C(=O)NC2CC2)cc1NC(=O)c1cnc(Cl)cn1. The molecule has 1 fully saturated rings. The molecule has 7 heteroatoms. The lowest BCUT2D eigenvalue weighted by atomic mass is 10.1. The van der Waals surface area contributed by atoms with Crippen LogP contribution < -0.4 is 10.6 Å². The summed E-state index contributed by atoms with van der Waals surface area (Å²) in [4.78, 5) is 32.0. The van der Waals surface area contributed by atoms with Crippen LogP contribution in [0.4, 0.5) is 5.69 Å². The molecule has 0 atom stereocenters. The van der Waals surface area contributed by atoms with Crippen molar-refractivity contribution in [2.75, 3.05) is 5.32 Å². The van der Waals surface area contributed by atoms with Gasteiger partial charge < -0.3 is 10.6 Å². The van der Waals surface area contributed by atoms with Crippen LogP contribution in [0, 0.1) is 6.92 Å². The number of amides is 2. The Morgan fingerprint density at radius 2 is 1.96 bits per heavy atom. The summed E-state index contributed by atoms with van der Waals surface area (Å²) in [6.07, 6.45) is 4.66. The molecule has 0 saturated heterocycles. The Bertz CT molecular complexity index is 757. The highest BCUT2D eigenvalue weighted by atomic mass is 35.5. The first kappa shape index (κ1) is 15.4. The number of hydrogen-bond acceptors (Lipinski definition) is 4. The van der Waals surface area contributed by atoms with E-state index < -0.39 is 5.91 Å². The summed E-state index contributed by atoms with van der Waals surface area (Å²) in [7, 11) is 0. The monoisotopic (exact) mass is 330 g/mol. The van der Waals surface area contributed by atoms with Crippen molar-refractivity contribution in [3.05, 3.63) is 52.6 Å². The van der Waals surface area contributed by atoms with Gasteiger partial charge >= 0.3 is 0 Å². The van der Waals surface area contributed by atoms with E-state index in [2.05, 4.69) is 20.6 Å². The van der Waals surface area contributed by atoms with Gasteiger partial charge in [-0.1, -0.05) is 17.7 Å². The number of carbonyl (C=O) groups is 2. The van der Waals surface area contributed by atoms with Crippen molar-refractivity contribution in [1.29, 1.82) is 0 Å². The fourth-order valence-corrected chi connectivity index (χ4v) is 2.11. The number of nitrogens with zero attached hydrogens (tertiary/aromatic N) is 2. The van der Waals surface area contributed by atoms with Crippen LogP contribution in [0.15, 0.2) is 30.6 Å². The first-order chi connectivity index (χ1) is 11.0. The van der Waals surface area contributed by atoms with Gasteiger partial charge in [0.15, 0.2) is 0 Å². The first-order valence-electron chi connectivity index (χ1n) is 7.23. The summed E-state index contributed by atoms with van der Waals surface area (Å²) >= 11 is 5.65. The van der Waals surface area contributed by atoms with E-state index in [0.29, 0.717) is 11.3 Å². The number of aryl methyl sites for hydroxylation is 1. The minimum absolute atomic E-state index is 0.130. The van der Waals surface area contributed by atoms with E-state index in [4.69, 9.17) is 11.6 Å². The second-order valence-corrected chi connectivity index (χ2v) is 5.84. The second-order valence-electron chi connectivity index (χ2n) is 5.46. The highest BCUT2D eigenvalue weighted by Gasteiger charge is 2.24. The lowest BCUT2D eigenvalue weighted by Gasteiger charge is -2.10. The van der Waals surface area contributed by atoms with E-state index in [9.17, 15) is 9.59 Å². The van der Waals surface area contributed by atoms with Gasteiger partial charge in [0.05, 0.1) is 12.4 Å². The van der Waals surface area contributed by atoms with Crippen LogP contribution in [0.25, 0.3) is 0 Å². The molecule has 2 aromatic rings. The minimum atomic E-state index is -0.406. The van der Waals surface area contributed by atoms with Gasteiger partial charge in [0.2, 0.25) is 0 Å². The standard InChI is InChI=1S/C16H15ClN4O2/c1-9-2-3-10(15(22)20-11-4-5-11)6-12(9)21-16(23)13-7-19-14(17)8-18-13/h2-3,6-8,11H,4-5H2,1H3,(H,20,22)(H,21,23). The summed E-state index contributed by atoms with van der Waals surface area (Å²) in [5.41, 5.74) is 2.08. The smallest absolute Gasteiger partial charge is 0.275 e. The van der Waals surface area contributed by atoms with Gasteiger partial charge in [0.1, 0.15) is 10.8 Å². The molecule has 23 heavy (non-hydrogen) atoms.